The van der Waals surface area contributed by atoms with Gasteiger partial charge in [-0.2, -0.15) is 0 Å². The van der Waals surface area contributed by atoms with Crippen LogP contribution in [0.15, 0.2) is 0 Å². The van der Waals surface area contributed by atoms with Crippen molar-refractivity contribution < 1.29 is 9.90 Å². The summed E-state index contributed by atoms with van der Waals surface area (Å²) in [6, 6.07) is 0.936. The second-order valence-corrected chi connectivity index (χ2v) is 5.05. The van der Waals surface area contributed by atoms with E-state index in [0.29, 0.717) is 12.1 Å². The first kappa shape index (κ1) is 13.5. The zero-order chi connectivity index (χ0) is 12.1. The number of hydrogen-bond acceptors (Lipinski definition) is 3. The van der Waals surface area contributed by atoms with E-state index in [1.807, 2.05) is 0 Å². The summed E-state index contributed by atoms with van der Waals surface area (Å²) in [5.74, 6) is -0.709. The molecule has 0 saturated carbocycles. The molecule has 0 aliphatic carbocycles. The fourth-order valence-electron chi connectivity index (χ4n) is 2.19. The Hall–Kier alpha value is -0.610. The van der Waals surface area contributed by atoms with E-state index < -0.39 is 5.97 Å². The Morgan fingerprint density at radius 2 is 2.19 bits per heavy atom. The second kappa shape index (κ2) is 6.21. The summed E-state index contributed by atoms with van der Waals surface area (Å²) in [7, 11) is 2.11. The first-order chi connectivity index (χ1) is 7.50. The van der Waals surface area contributed by atoms with Gasteiger partial charge in [-0.3, -0.25) is 9.69 Å². The average molecular weight is 228 g/mol. The van der Waals surface area contributed by atoms with Crippen LogP contribution in [0.3, 0.4) is 0 Å². The molecular weight excluding hydrogens is 204 g/mol. The van der Waals surface area contributed by atoms with E-state index in [2.05, 4.69) is 30.7 Å². The Morgan fingerprint density at radius 3 is 2.75 bits per heavy atom. The predicted molar refractivity (Wildman–Crippen MR) is 64.6 cm³/mol. The van der Waals surface area contributed by atoms with Gasteiger partial charge in [0.25, 0.3) is 0 Å². The highest BCUT2D eigenvalue weighted by molar-refractivity contribution is 5.69. The molecule has 1 saturated heterocycles. The van der Waals surface area contributed by atoms with Crippen molar-refractivity contribution >= 4 is 5.97 Å². The van der Waals surface area contributed by atoms with Crippen LogP contribution in [0.25, 0.3) is 0 Å². The lowest BCUT2D eigenvalue weighted by molar-refractivity contribution is -0.139. The summed E-state index contributed by atoms with van der Waals surface area (Å²) in [6.07, 6.45) is 3.49. The molecule has 1 aliphatic rings. The minimum Gasteiger partial charge on any atom is -0.480 e. The molecule has 1 fully saturated rings. The molecule has 0 spiro atoms. The molecule has 1 rings (SSSR count). The molecule has 1 heterocycles. The Labute approximate surface area is 98.2 Å². The second-order valence-electron chi connectivity index (χ2n) is 5.05. The number of piperidine rings is 1. The van der Waals surface area contributed by atoms with Crippen molar-refractivity contribution in [3.63, 3.8) is 0 Å². The highest BCUT2D eigenvalue weighted by Crippen LogP contribution is 2.17. The fraction of sp³-hybridized carbons (Fsp3) is 0.917. The Kier molecular flexibility index (Phi) is 5.22. The largest absolute Gasteiger partial charge is 0.480 e. The van der Waals surface area contributed by atoms with Crippen molar-refractivity contribution in [2.75, 3.05) is 26.7 Å². The molecule has 0 amide bonds. The monoisotopic (exact) mass is 228 g/mol. The Balaban J connectivity index is 2.49. The molecule has 16 heavy (non-hydrogen) atoms. The van der Waals surface area contributed by atoms with Gasteiger partial charge in [0.15, 0.2) is 0 Å². The molecule has 0 unspecified atom stereocenters. The molecule has 1 aliphatic heterocycles. The van der Waals surface area contributed by atoms with E-state index in [0.717, 1.165) is 25.9 Å². The lowest BCUT2D eigenvalue weighted by Gasteiger charge is -2.37. The number of carboxylic acids is 1. The Bertz CT molecular complexity index is 231. The number of rotatable bonds is 5. The molecule has 0 bridgehead atoms. The molecule has 4 nitrogen and oxygen atoms in total. The Morgan fingerprint density at radius 1 is 1.50 bits per heavy atom. The highest BCUT2D eigenvalue weighted by atomic mass is 16.4. The van der Waals surface area contributed by atoms with Gasteiger partial charge in [0.1, 0.15) is 0 Å². The van der Waals surface area contributed by atoms with Gasteiger partial charge in [0.2, 0.25) is 0 Å². The summed E-state index contributed by atoms with van der Waals surface area (Å²) in [5.41, 5.74) is 0. The first-order valence-electron chi connectivity index (χ1n) is 6.16. The molecule has 0 aromatic heterocycles. The van der Waals surface area contributed by atoms with E-state index in [1.165, 1.54) is 6.42 Å². The normalized spacial score (nSPS) is 22.9. The van der Waals surface area contributed by atoms with Crippen LogP contribution >= 0.6 is 0 Å². The molecule has 1 atom stereocenters. The summed E-state index contributed by atoms with van der Waals surface area (Å²) in [5, 5.41) is 8.87. The van der Waals surface area contributed by atoms with Crippen LogP contribution in [0.5, 0.6) is 0 Å². The third-order valence-electron chi connectivity index (χ3n) is 3.47. The van der Waals surface area contributed by atoms with Crippen LogP contribution < -0.4 is 0 Å². The lowest BCUT2D eigenvalue weighted by atomic mass is 10.0. The minimum atomic E-state index is -0.709. The molecular formula is C12H24N2O2. The third kappa shape index (κ3) is 4.10. The zero-order valence-electron chi connectivity index (χ0n) is 10.6. The lowest BCUT2D eigenvalue weighted by Crippen LogP contribution is -2.48. The van der Waals surface area contributed by atoms with Crippen LogP contribution in [0, 0.1) is 0 Å². The maximum Gasteiger partial charge on any atom is 0.317 e. The van der Waals surface area contributed by atoms with Gasteiger partial charge >= 0.3 is 5.97 Å². The average Bonchev–Trinajstić information content (AvgIpc) is 2.20. The number of likely N-dealkylation sites (tertiary alicyclic amines) is 1. The van der Waals surface area contributed by atoms with Crippen LogP contribution in [0.4, 0.5) is 0 Å². The van der Waals surface area contributed by atoms with Gasteiger partial charge < -0.3 is 10.0 Å². The van der Waals surface area contributed by atoms with Crippen molar-refractivity contribution in [3.05, 3.63) is 0 Å². The van der Waals surface area contributed by atoms with Crippen molar-refractivity contribution in [1.29, 1.82) is 0 Å². The zero-order valence-corrected chi connectivity index (χ0v) is 10.6. The number of likely N-dealkylation sites (N-methyl/N-ethyl adjacent to an activating group) is 1. The third-order valence-corrected chi connectivity index (χ3v) is 3.47. The highest BCUT2D eigenvalue weighted by Gasteiger charge is 2.25. The number of aliphatic carboxylic acids is 1. The topological polar surface area (TPSA) is 43.8 Å². The smallest absolute Gasteiger partial charge is 0.317 e. The van der Waals surface area contributed by atoms with E-state index in [-0.39, 0.29) is 6.54 Å². The van der Waals surface area contributed by atoms with Crippen molar-refractivity contribution in [2.24, 2.45) is 0 Å². The van der Waals surface area contributed by atoms with Gasteiger partial charge in [-0.25, -0.2) is 0 Å². The maximum absolute atomic E-state index is 10.8. The van der Waals surface area contributed by atoms with Crippen LogP contribution in [0.1, 0.15) is 33.1 Å². The van der Waals surface area contributed by atoms with Crippen LogP contribution in [-0.2, 0) is 4.79 Å². The van der Waals surface area contributed by atoms with Crippen LogP contribution in [-0.4, -0.2) is 59.6 Å². The van der Waals surface area contributed by atoms with E-state index in [4.69, 9.17) is 5.11 Å². The summed E-state index contributed by atoms with van der Waals surface area (Å²) >= 11 is 0. The molecule has 0 radical (unpaired) electrons. The van der Waals surface area contributed by atoms with Gasteiger partial charge in [-0.05, 0) is 40.3 Å². The SMILES string of the molecule is CC(C)N(C)C[C@@H]1CCCCN1CC(=O)O. The molecule has 94 valence electrons. The number of nitrogens with zero attached hydrogens (tertiary/aromatic N) is 2. The van der Waals surface area contributed by atoms with E-state index in [1.54, 1.807) is 0 Å². The van der Waals surface area contributed by atoms with Gasteiger partial charge in [-0.15, -0.1) is 0 Å². The van der Waals surface area contributed by atoms with Gasteiger partial charge in [0.05, 0.1) is 6.54 Å². The predicted octanol–water partition coefficient (Wildman–Crippen LogP) is 1.27. The van der Waals surface area contributed by atoms with Gasteiger partial charge in [0, 0.05) is 18.6 Å². The molecule has 0 aromatic carbocycles. The minimum absolute atomic E-state index is 0.191. The number of carboxylic acid groups (broad SMARTS) is 1. The maximum atomic E-state index is 10.8. The van der Waals surface area contributed by atoms with Gasteiger partial charge in [-0.1, -0.05) is 6.42 Å². The fourth-order valence-corrected chi connectivity index (χ4v) is 2.19. The number of carbonyl (C=O) groups is 1. The summed E-state index contributed by atoms with van der Waals surface area (Å²) < 4.78 is 0. The van der Waals surface area contributed by atoms with Crippen molar-refractivity contribution in [1.82, 2.24) is 9.80 Å². The van der Waals surface area contributed by atoms with Crippen molar-refractivity contribution in [2.45, 2.75) is 45.2 Å². The standard InChI is InChI=1S/C12H24N2O2/c1-10(2)13(3)8-11-6-4-5-7-14(11)9-12(15)16/h10-11H,4-9H2,1-3H3,(H,15,16)/t11-/m0/s1. The summed E-state index contributed by atoms with van der Waals surface area (Å²) in [6.45, 7) is 6.44. The first-order valence-corrected chi connectivity index (χ1v) is 6.16. The molecule has 1 N–H and O–H groups in total. The van der Waals surface area contributed by atoms with Crippen LogP contribution in [0.2, 0.25) is 0 Å². The molecule has 4 heteroatoms. The quantitative estimate of drug-likeness (QED) is 0.769. The van der Waals surface area contributed by atoms with Crippen molar-refractivity contribution in [3.8, 4) is 0 Å². The summed E-state index contributed by atoms with van der Waals surface area (Å²) in [4.78, 5) is 15.2. The number of hydrogen-bond donors (Lipinski definition) is 1. The molecule has 0 aromatic rings. The van der Waals surface area contributed by atoms with E-state index in [9.17, 15) is 4.79 Å². The van der Waals surface area contributed by atoms with E-state index >= 15 is 0 Å².